The minimum Gasteiger partial charge on any atom is -0.388 e. The summed E-state index contributed by atoms with van der Waals surface area (Å²) < 4.78 is 25.9. The Morgan fingerprint density at radius 2 is 2.14 bits per heavy atom. The Labute approximate surface area is 168 Å². The van der Waals surface area contributed by atoms with Crippen LogP contribution in [0.3, 0.4) is 0 Å². The summed E-state index contributed by atoms with van der Waals surface area (Å²) in [5.41, 5.74) is 0.874. The number of fused-ring (bicyclic) bond motifs is 1. The Balaban J connectivity index is 2.54. The van der Waals surface area contributed by atoms with E-state index in [1.165, 1.54) is 6.08 Å². The molecule has 1 aliphatic heterocycles. The fraction of sp³-hybridized carbons (Fsp3) is 0.500. The van der Waals surface area contributed by atoms with Crippen LogP contribution >= 0.6 is 0 Å². The highest BCUT2D eigenvalue weighted by Crippen LogP contribution is 2.33. The lowest BCUT2D eigenvalue weighted by Crippen LogP contribution is -2.44. The zero-order valence-corrected chi connectivity index (χ0v) is 17.9. The maximum absolute atomic E-state index is 13.4. The van der Waals surface area contributed by atoms with Crippen LogP contribution in [-0.2, 0) is 17.2 Å². The molecule has 0 saturated heterocycles. The monoisotopic (exact) mass is 408 g/mol. The minimum absolute atomic E-state index is 0.426. The summed E-state index contributed by atoms with van der Waals surface area (Å²) in [4.78, 5) is 9.53. The molecule has 0 radical (unpaired) electrons. The molecule has 3 N–H and O–H groups in total. The quantitative estimate of drug-likeness (QED) is 0.571. The maximum atomic E-state index is 13.4. The predicted octanol–water partition coefficient (Wildman–Crippen LogP) is 3.50. The molecular weight excluding hydrogens is 379 g/mol. The van der Waals surface area contributed by atoms with Crippen molar-refractivity contribution in [3.63, 3.8) is 0 Å². The van der Waals surface area contributed by atoms with Crippen LogP contribution < -0.4 is 10.6 Å². The fourth-order valence-electron chi connectivity index (χ4n) is 3.24. The van der Waals surface area contributed by atoms with Crippen molar-refractivity contribution in [2.45, 2.75) is 57.6 Å². The highest BCUT2D eigenvalue weighted by atomic mass is 32.2. The summed E-state index contributed by atoms with van der Waals surface area (Å²) in [7, 11) is -1.20. The number of nitrogens with zero attached hydrogens (tertiary/aromatic N) is 2. The molecule has 0 amide bonds. The summed E-state index contributed by atoms with van der Waals surface area (Å²) in [6.07, 6.45) is 3.75. The van der Waals surface area contributed by atoms with Gasteiger partial charge in [0.1, 0.15) is 16.5 Å². The van der Waals surface area contributed by atoms with E-state index in [0.717, 1.165) is 5.69 Å². The molecular formula is C20H29FN4O2S. The Kier molecular flexibility index (Phi) is 7.11. The largest absolute Gasteiger partial charge is 0.388 e. The summed E-state index contributed by atoms with van der Waals surface area (Å²) in [5, 5.41) is 17.2. The van der Waals surface area contributed by atoms with Crippen molar-refractivity contribution in [1.29, 1.82) is 0 Å². The van der Waals surface area contributed by atoms with Gasteiger partial charge in [0.05, 0.1) is 28.1 Å². The SMILES string of the molecule is C=C(F)/C=C(C)\C(=C/C)C(Nc1nc(NCC)nc2c1S(=O)CC2)C(C)(C)O. The van der Waals surface area contributed by atoms with Gasteiger partial charge in [-0.15, -0.1) is 0 Å². The number of rotatable bonds is 8. The van der Waals surface area contributed by atoms with Crippen molar-refractivity contribution in [3.05, 3.63) is 41.4 Å². The van der Waals surface area contributed by atoms with E-state index >= 15 is 0 Å². The number of aryl methyl sites for hydroxylation is 1. The van der Waals surface area contributed by atoms with Crippen molar-refractivity contribution in [2.75, 3.05) is 22.9 Å². The van der Waals surface area contributed by atoms with Gasteiger partial charge in [0.2, 0.25) is 5.95 Å². The van der Waals surface area contributed by atoms with Crippen LogP contribution in [-0.4, -0.2) is 43.2 Å². The molecule has 0 fully saturated rings. The second-order valence-electron chi connectivity index (χ2n) is 7.25. The van der Waals surface area contributed by atoms with Crippen LogP contribution in [0.5, 0.6) is 0 Å². The second-order valence-corrected chi connectivity index (χ2v) is 8.76. The van der Waals surface area contributed by atoms with Gasteiger partial charge in [0.15, 0.2) is 0 Å². The van der Waals surface area contributed by atoms with E-state index in [4.69, 9.17) is 0 Å². The summed E-state index contributed by atoms with van der Waals surface area (Å²) in [6, 6.07) is -0.612. The first kappa shape index (κ1) is 22.2. The van der Waals surface area contributed by atoms with Gasteiger partial charge in [-0.1, -0.05) is 12.7 Å². The van der Waals surface area contributed by atoms with Crippen LogP contribution in [0.1, 0.15) is 40.3 Å². The lowest BCUT2D eigenvalue weighted by atomic mass is 9.87. The normalized spacial score (nSPS) is 18.6. The first-order valence-corrected chi connectivity index (χ1v) is 10.6. The molecule has 0 aromatic carbocycles. The van der Waals surface area contributed by atoms with Crippen molar-refractivity contribution in [3.8, 4) is 0 Å². The van der Waals surface area contributed by atoms with Crippen LogP contribution in [0, 0.1) is 0 Å². The maximum Gasteiger partial charge on any atom is 0.224 e. The standard InChI is InChI=1S/C20H29FN4O2S/c1-7-14(12(3)11-13(4)21)17(20(5,6)26)24-18-16-15(9-10-28(16)27)23-19(25-18)22-8-2/h7,11,17,26H,4,8-10H2,1-3,5-6H3,(H2,22,23,24,25)/b12-11-,14-7+. The molecule has 2 unspecified atom stereocenters. The molecule has 154 valence electrons. The third-order valence-corrected chi connectivity index (χ3v) is 5.92. The predicted molar refractivity (Wildman–Crippen MR) is 113 cm³/mol. The molecule has 8 heteroatoms. The summed E-state index contributed by atoms with van der Waals surface area (Å²) >= 11 is 0. The highest BCUT2D eigenvalue weighted by molar-refractivity contribution is 7.85. The Morgan fingerprint density at radius 1 is 1.46 bits per heavy atom. The lowest BCUT2D eigenvalue weighted by molar-refractivity contribution is 0.0703. The molecule has 2 atom stereocenters. The molecule has 0 bridgehead atoms. The number of nitrogens with one attached hydrogen (secondary N) is 2. The number of hydrogen-bond donors (Lipinski definition) is 3. The molecule has 2 heterocycles. The van der Waals surface area contributed by atoms with E-state index < -0.39 is 28.3 Å². The van der Waals surface area contributed by atoms with Gasteiger partial charge < -0.3 is 15.7 Å². The fourth-order valence-corrected chi connectivity index (χ4v) is 4.56. The van der Waals surface area contributed by atoms with Crippen molar-refractivity contribution in [1.82, 2.24) is 9.97 Å². The number of anilines is 2. The zero-order chi connectivity index (χ0) is 21.1. The first-order valence-electron chi connectivity index (χ1n) is 9.29. The van der Waals surface area contributed by atoms with Gasteiger partial charge in [-0.2, -0.15) is 4.98 Å². The first-order chi connectivity index (χ1) is 13.1. The van der Waals surface area contributed by atoms with E-state index in [2.05, 4.69) is 27.2 Å². The molecule has 28 heavy (non-hydrogen) atoms. The molecule has 0 aliphatic carbocycles. The summed E-state index contributed by atoms with van der Waals surface area (Å²) in [6.45, 7) is 12.8. The zero-order valence-electron chi connectivity index (χ0n) is 17.1. The Hall–Kier alpha value is -2.06. The van der Waals surface area contributed by atoms with Crippen molar-refractivity contribution >= 4 is 22.6 Å². The topological polar surface area (TPSA) is 87.1 Å². The third kappa shape index (κ3) is 5.05. The van der Waals surface area contributed by atoms with Crippen LogP contribution in [0.25, 0.3) is 0 Å². The van der Waals surface area contributed by atoms with Crippen molar-refractivity contribution < 1.29 is 13.7 Å². The van der Waals surface area contributed by atoms with E-state index in [0.29, 0.717) is 46.5 Å². The van der Waals surface area contributed by atoms with E-state index in [9.17, 15) is 13.7 Å². The van der Waals surface area contributed by atoms with E-state index in [1.807, 2.05) is 19.9 Å². The molecule has 6 nitrogen and oxygen atoms in total. The van der Waals surface area contributed by atoms with Gasteiger partial charge in [0, 0.05) is 18.7 Å². The molecule has 2 rings (SSSR count). The van der Waals surface area contributed by atoms with Gasteiger partial charge in [-0.3, -0.25) is 4.21 Å². The van der Waals surface area contributed by atoms with Crippen LogP contribution in [0.15, 0.2) is 40.6 Å². The van der Waals surface area contributed by atoms with Gasteiger partial charge in [0.25, 0.3) is 0 Å². The van der Waals surface area contributed by atoms with Gasteiger partial charge >= 0.3 is 0 Å². The average molecular weight is 409 g/mol. The number of hydrogen-bond acceptors (Lipinski definition) is 6. The second kappa shape index (κ2) is 8.96. The van der Waals surface area contributed by atoms with E-state index in [1.54, 1.807) is 20.8 Å². The number of aliphatic hydroxyl groups is 1. The lowest BCUT2D eigenvalue weighted by Gasteiger charge is -2.33. The highest BCUT2D eigenvalue weighted by Gasteiger charge is 2.34. The van der Waals surface area contributed by atoms with Crippen LogP contribution in [0.2, 0.25) is 0 Å². The average Bonchev–Trinajstić information content (AvgIpc) is 2.94. The van der Waals surface area contributed by atoms with Gasteiger partial charge in [-0.25, -0.2) is 9.37 Å². The number of allylic oxidation sites excluding steroid dienone is 3. The Bertz CT molecular complexity index is 843. The molecule has 1 aliphatic rings. The summed E-state index contributed by atoms with van der Waals surface area (Å²) in [5.74, 6) is 0.807. The molecule has 0 saturated carbocycles. The minimum atomic E-state index is -1.20. The van der Waals surface area contributed by atoms with E-state index in [-0.39, 0.29) is 0 Å². The van der Waals surface area contributed by atoms with Gasteiger partial charge in [-0.05, 0) is 51.8 Å². The van der Waals surface area contributed by atoms with Crippen molar-refractivity contribution in [2.24, 2.45) is 0 Å². The third-order valence-electron chi connectivity index (χ3n) is 4.46. The number of halogens is 1. The Morgan fingerprint density at radius 3 is 2.68 bits per heavy atom. The molecule has 1 aromatic heterocycles. The molecule has 1 aromatic rings. The number of aromatic nitrogens is 2. The smallest absolute Gasteiger partial charge is 0.224 e. The molecule has 0 spiro atoms. The van der Waals surface area contributed by atoms with Crippen LogP contribution in [0.4, 0.5) is 16.2 Å².